The molecule has 0 unspecified atom stereocenters. The lowest BCUT2D eigenvalue weighted by molar-refractivity contribution is -0.139. The highest BCUT2D eigenvalue weighted by Gasteiger charge is 2.20. The molecule has 0 bridgehead atoms. The van der Waals surface area contributed by atoms with Crippen LogP contribution in [0.2, 0.25) is 0 Å². The van der Waals surface area contributed by atoms with Crippen LogP contribution >= 0.6 is 11.3 Å². The quantitative estimate of drug-likeness (QED) is 0.468. The summed E-state index contributed by atoms with van der Waals surface area (Å²) in [7, 11) is -0.161. The molecular weight excluding hydrogens is 229 g/mol. The van der Waals surface area contributed by atoms with Crippen molar-refractivity contribution in [2.75, 3.05) is 13.7 Å². The first-order chi connectivity index (χ1) is 7.56. The van der Waals surface area contributed by atoms with Crippen LogP contribution in [0.3, 0.4) is 0 Å². The van der Waals surface area contributed by atoms with Crippen LogP contribution in [0.1, 0.15) is 17.8 Å². The van der Waals surface area contributed by atoms with Crippen molar-refractivity contribution in [3.8, 4) is 0 Å². The van der Waals surface area contributed by atoms with Gasteiger partial charge in [-0.05, 0) is 17.8 Å². The molecule has 0 aliphatic rings. The molecule has 1 atom stereocenters. The van der Waals surface area contributed by atoms with E-state index in [1.54, 1.807) is 11.4 Å². The predicted octanol–water partition coefficient (Wildman–Crippen LogP) is -0.748. The van der Waals surface area contributed by atoms with Crippen LogP contribution in [0.25, 0.3) is 0 Å². The zero-order valence-electron chi connectivity index (χ0n) is 9.14. The van der Waals surface area contributed by atoms with E-state index in [1.807, 2.05) is 6.92 Å². The molecular formula is C9H14BNO4S. The Balaban J connectivity index is 2.62. The Hall–Kier alpha value is -0.885. The average Bonchev–Trinajstić information content (AvgIpc) is 2.74. The molecule has 16 heavy (non-hydrogen) atoms. The Bertz CT molecular complexity index is 355. The van der Waals surface area contributed by atoms with Gasteiger partial charge in [0.05, 0.1) is 13.7 Å². The Kier molecular flexibility index (Phi) is 4.94. The fraction of sp³-hybridized carbons (Fsp3) is 0.444. The lowest BCUT2D eigenvalue weighted by atomic mass is 9.79. The fourth-order valence-electron chi connectivity index (χ4n) is 1.30. The molecule has 0 radical (unpaired) electrons. The fourth-order valence-corrected chi connectivity index (χ4v) is 2.26. The number of methoxy groups -OCH3 is 1. The van der Waals surface area contributed by atoms with Crippen LogP contribution in [-0.2, 0) is 9.53 Å². The molecule has 1 aromatic rings. The van der Waals surface area contributed by atoms with Crippen LogP contribution in [0.4, 0.5) is 0 Å². The lowest BCUT2D eigenvalue weighted by Crippen LogP contribution is -2.35. The molecule has 0 amide bonds. The van der Waals surface area contributed by atoms with Crippen LogP contribution in [0.15, 0.2) is 11.4 Å². The molecule has 0 aliphatic heterocycles. The van der Waals surface area contributed by atoms with E-state index < -0.39 is 7.12 Å². The maximum Gasteiger partial charge on any atom is 0.489 e. The Labute approximate surface area is 98.2 Å². The van der Waals surface area contributed by atoms with Gasteiger partial charge in [0.2, 0.25) is 0 Å². The summed E-state index contributed by atoms with van der Waals surface area (Å²) < 4.78 is 4.50. The summed E-state index contributed by atoms with van der Waals surface area (Å²) in [5.74, 6) is -0.352. The second-order valence-electron chi connectivity index (χ2n) is 3.29. The summed E-state index contributed by atoms with van der Waals surface area (Å²) in [6, 6.07) is 1.52. The Morgan fingerprint density at radius 3 is 2.94 bits per heavy atom. The smallest absolute Gasteiger partial charge is 0.468 e. The van der Waals surface area contributed by atoms with Gasteiger partial charge in [-0.15, -0.1) is 11.3 Å². The monoisotopic (exact) mass is 243 g/mol. The molecule has 0 aromatic carbocycles. The van der Waals surface area contributed by atoms with E-state index in [-0.39, 0.29) is 18.6 Å². The molecule has 1 aromatic heterocycles. The number of carbonyl (C=O) groups is 1. The zero-order valence-corrected chi connectivity index (χ0v) is 9.95. The van der Waals surface area contributed by atoms with Gasteiger partial charge in [-0.1, -0.05) is 6.07 Å². The van der Waals surface area contributed by atoms with E-state index in [2.05, 4.69) is 10.1 Å². The molecule has 1 rings (SSSR count). The van der Waals surface area contributed by atoms with Gasteiger partial charge in [-0.2, -0.15) is 0 Å². The Morgan fingerprint density at radius 2 is 2.38 bits per heavy atom. The maximum absolute atomic E-state index is 10.9. The minimum atomic E-state index is -1.48. The van der Waals surface area contributed by atoms with Gasteiger partial charge in [0.1, 0.15) is 0 Å². The molecule has 5 nitrogen and oxygen atoms in total. The first kappa shape index (κ1) is 13.2. The van der Waals surface area contributed by atoms with Crippen molar-refractivity contribution in [3.63, 3.8) is 0 Å². The number of ether oxygens (including phenoxy) is 1. The van der Waals surface area contributed by atoms with Gasteiger partial charge in [-0.3, -0.25) is 10.1 Å². The van der Waals surface area contributed by atoms with Crippen LogP contribution in [0.5, 0.6) is 0 Å². The highest BCUT2D eigenvalue weighted by atomic mass is 32.1. The standard InChI is InChI=1S/C9H14BNO4S/c1-6(11-5-8(12)15-2)9-7(10(13)14)3-4-16-9/h3-4,6,11,13-14H,5H2,1-2H3/t6-/m0/s1. The first-order valence-electron chi connectivity index (χ1n) is 4.80. The number of thiophene rings is 1. The second kappa shape index (κ2) is 6.00. The lowest BCUT2D eigenvalue weighted by Gasteiger charge is -2.13. The van der Waals surface area contributed by atoms with Gasteiger partial charge in [-0.25, -0.2) is 0 Å². The average molecular weight is 243 g/mol. The highest BCUT2D eigenvalue weighted by molar-refractivity contribution is 7.11. The first-order valence-corrected chi connectivity index (χ1v) is 5.67. The molecule has 88 valence electrons. The van der Waals surface area contributed by atoms with Crippen molar-refractivity contribution in [1.82, 2.24) is 5.32 Å². The van der Waals surface area contributed by atoms with Crippen LogP contribution in [0, 0.1) is 0 Å². The predicted molar refractivity (Wildman–Crippen MR) is 62.6 cm³/mol. The van der Waals surface area contributed by atoms with Gasteiger partial charge in [0.15, 0.2) is 0 Å². The molecule has 0 saturated carbocycles. The number of rotatable bonds is 5. The topological polar surface area (TPSA) is 78.8 Å². The number of hydrogen-bond acceptors (Lipinski definition) is 6. The van der Waals surface area contributed by atoms with E-state index >= 15 is 0 Å². The van der Waals surface area contributed by atoms with E-state index in [0.717, 1.165) is 4.88 Å². The van der Waals surface area contributed by atoms with Crippen molar-refractivity contribution in [2.24, 2.45) is 0 Å². The highest BCUT2D eigenvalue weighted by Crippen LogP contribution is 2.16. The Morgan fingerprint density at radius 1 is 1.69 bits per heavy atom. The number of nitrogens with one attached hydrogen (secondary N) is 1. The molecule has 0 fully saturated rings. The molecule has 1 heterocycles. The largest absolute Gasteiger partial charge is 0.489 e. The third-order valence-electron chi connectivity index (χ3n) is 2.18. The second-order valence-corrected chi connectivity index (χ2v) is 4.24. The number of carbonyl (C=O) groups excluding carboxylic acids is 1. The van der Waals surface area contributed by atoms with E-state index in [9.17, 15) is 4.79 Å². The van der Waals surface area contributed by atoms with Crippen LogP contribution in [-0.4, -0.2) is 36.8 Å². The molecule has 0 saturated heterocycles. The summed E-state index contributed by atoms with van der Waals surface area (Å²) in [5, 5.41) is 22.9. The van der Waals surface area contributed by atoms with E-state index in [1.165, 1.54) is 18.4 Å². The third-order valence-corrected chi connectivity index (χ3v) is 3.29. The van der Waals surface area contributed by atoms with Gasteiger partial charge in [0, 0.05) is 10.9 Å². The van der Waals surface area contributed by atoms with Gasteiger partial charge >= 0.3 is 13.1 Å². The minimum absolute atomic E-state index is 0.0938. The zero-order chi connectivity index (χ0) is 12.1. The maximum atomic E-state index is 10.9. The minimum Gasteiger partial charge on any atom is -0.468 e. The summed E-state index contributed by atoms with van der Waals surface area (Å²) in [4.78, 5) is 11.7. The SMILES string of the molecule is COC(=O)CN[C@@H](C)c1sccc1B(O)O. The van der Waals surface area contributed by atoms with Crippen molar-refractivity contribution in [2.45, 2.75) is 13.0 Å². The molecule has 7 heteroatoms. The summed E-state index contributed by atoms with van der Waals surface area (Å²) >= 11 is 1.41. The molecule has 3 N–H and O–H groups in total. The van der Waals surface area contributed by atoms with Crippen molar-refractivity contribution in [3.05, 3.63) is 16.3 Å². The van der Waals surface area contributed by atoms with Crippen molar-refractivity contribution < 1.29 is 19.6 Å². The van der Waals surface area contributed by atoms with Crippen LogP contribution < -0.4 is 10.8 Å². The molecule has 0 aliphatic carbocycles. The molecule has 0 spiro atoms. The third kappa shape index (κ3) is 3.31. The number of esters is 1. The summed E-state index contributed by atoms with van der Waals surface area (Å²) in [6.45, 7) is 1.94. The number of hydrogen-bond donors (Lipinski definition) is 3. The van der Waals surface area contributed by atoms with Crippen molar-refractivity contribution >= 4 is 29.9 Å². The summed E-state index contributed by atoms with van der Waals surface area (Å²) in [5.41, 5.74) is 0.467. The normalized spacial score (nSPS) is 12.2. The van der Waals surface area contributed by atoms with E-state index in [0.29, 0.717) is 5.46 Å². The van der Waals surface area contributed by atoms with Gasteiger partial charge in [0.25, 0.3) is 0 Å². The van der Waals surface area contributed by atoms with E-state index in [4.69, 9.17) is 10.0 Å². The summed E-state index contributed by atoms with van der Waals surface area (Å²) in [6.07, 6.45) is 0. The van der Waals surface area contributed by atoms with Gasteiger partial charge < -0.3 is 14.8 Å². The van der Waals surface area contributed by atoms with Crippen molar-refractivity contribution in [1.29, 1.82) is 0 Å².